The first-order valence-corrected chi connectivity index (χ1v) is 8.75. The maximum atomic E-state index is 9.57. The Labute approximate surface area is 143 Å². The summed E-state index contributed by atoms with van der Waals surface area (Å²) >= 11 is 0. The summed E-state index contributed by atoms with van der Waals surface area (Å²) < 4.78 is 17.3. The van der Waals surface area contributed by atoms with Crippen LogP contribution in [-0.4, -0.2) is 68.2 Å². The van der Waals surface area contributed by atoms with E-state index in [1.54, 1.807) is 0 Å². The number of rotatable bonds is 5. The molecule has 0 saturated carbocycles. The molecule has 0 aliphatic carbocycles. The Bertz CT molecular complexity index is 530. The van der Waals surface area contributed by atoms with Crippen LogP contribution in [0.1, 0.15) is 18.1 Å². The Balaban J connectivity index is 1.66. The first-order valence-electron chi connectivity index (χ1n) is 8.75. The molecule has 1 atom stereocenters. The number of aliphatic hydroxyl groups is 1. The molecule has 2 N–H and O–H groups in total. The van der Waals surface area contributed by atoms with E-state index >= 15 is 0 Å². The van der Waals surface area contributed by atoms with Gasteiger partial charge in [-0.1, -0.05) is 6.07 Å². The first-order chi connectivity index (χ1) is 11.7. The molecular weight excluding hydrogens is 308 g/mol. The molecule has 2 aliphatic rings. The van der Waals surface area contributed by atoms with Gasteiger partial charge in [-0.25, -0.2) is 0 Å². The van der Waals surface area contributed by atoms with Crippen molar-refractivity contribution in [2.75, 3.05) is 52.6 Å². The number of hydrogen-bond donors (Lipinski definition) is 2. The lowest BCUT2D eigenvalue weighted by Gasteiger charge is -2.42. The van der Waals surface area contributed by atoms with Crippen molar-refractivity contribution in [2.24, 2.45) is 0 Å². The van der Waals surface area contributed by atoms with Crippen molar-refractivity contribution in [3.63, 3.8) is 0 Å². The third-order valence-corrected chi connectivity index (χ3v) is 4.56. The number of benzene rings is 1. The summed E-state index contributed by atoms with van der Waals surface area (Å²) in [7, 11) is 0. The minimum Gasteiger partial charge on any atom is -0.494 e. The van der Waals surface area contributed by atoms with Crippen LogP contribution >= 0.6 is 0 Å². The fourth-order valence-corrected chi connectivity index (χ4v) is 3.43. The molecule has 2 heterocycles. The molecule has 2 fully saturated rings. The van der Waals surface area contributed by atoms with Crippen molar-refractivity contribution in [3.05, 3.63) is 29.3 Å². The van der Waals surface area contributed by atoms with Gasteiger partial charge in [0.05, 0.1) is 33.0 Å². The topological polar surface area (TPSA) is 63.2 Å². The number of hydrogen-bond acceptors (Lipinski definition) is 6. The van der Waals surface area contributed by atoms with Gasteiger partial charge in [0.15, 0.2) is 0 Å². The zero-order chi connectivity index (χ0) is 16.8. The molecule has 6 heteroatoms. The van der Waals surface area contributed by atoms with Gasteiger partial charge in [-0.05, 0) is 24.6 Å². The molecule has 3 rings (SSSR count). The highest BCUT2D eigenvalue weighted by molar-refractivity contribution is 5.37. The van der Waals surface area contributed by atoms with E-state index in [1.807, 2.05) is 19.1 Å². The van der Waals surface area contributed by atoms with Gasteiger partial charge in [0, 0.05) is 38.3 Å². The van der Waals surface area contributed by atoms with E-state index < -0.39 is 0 Å². The second-order valence-corrected chi connectivity index (χ2v) is 6.50. The fraction of sp³-hybridized carbons (Fsp3) is 0.667. The summed E-state index contributed by atoms with van der Waals surface area (Å²) in [6, 6.07) is 6.07. The van der Waals surface area contributed by atoms with E-state index in [2.05, 4.69) is 16.3 Å². The van der Waals surface area contributed by atoms with Gasteiger partial charge in [0.25, 0.3) is 0 Å². The van der Waals surface area contributed by atoms with E-state index in [-0.39, 0.29) is 12.2 Å². The summed E-state index contributed by atoms with van der Waals surface area (Å²) in [5.41, 5.74) is 1.78. The summed E-state index contributed by atoms with van der Waals surface area (Å²) in [5, 5.41) is 13.0. The minimum absolute atomic E-state index is 0.00597. The lowest BCUT2D eigenvalue weighted by Crippen LogP contribution is -2.57. The normalized spacial score (nSPS) is 25.6. The molecular formula is C18H28N2O4. The van der Waals surface area contributed by atoms with Crippen molar-refractivity contribution >= 4 is 0 Å². The largest absolute Gasteiger partial charge is 0.494 e. The van der Waals surface area contributed by atoms with Gasteiger partial charge < -0.3 is 24.6 Å². The highest BCUT2D eigenvalue weighted by Crippen LogP contribution is 2.24. The quantitative estimate of drug-likeness (QED) is 0.828. The van der Waals surface area contributed by atoms with Crippen LogP contribution in [0, 0.1) is 0 Å². The molecule has 1 aromatic carbocycles. The molecule has 134 valence electrons. The average molecular weight is 336 g/mol. The number of nitrogens with one attached hydrogen (secondary N) is 1. The van der Waals surface area contributed by atoms with Gasteiger partial charge in [-0.2, -0.15) is 0 Å². The van der Waals surface area contributed by atoms with Crippen molar-refractivity contribution in [1.29, 1.82) is 0 Å². The molecule has 0 aromatic heterocycles. The van der Waals surface area contributed by atoms with Crippen LogP contribution in [0.2, 0.25) is 0 Å². The molecule has 0 bridgehead atoms. The molecule has 2 aliphatic heterocycles. The van der Waals surface area contributed by atoms with Gasteiger partial charge in [0.2, 0.25) is 0 Å². The van der Waals surface area contributed by atoms with Crippen molar-refractivity contribution in [1.82, 2.24) is 10.2 Å². The SMILES string of the molecule is CCOc1ccc(CN2CCO[C@]3(CNCCOC3)C2)cc1CO. The summed E-state index contributed by atoms with van der Waals surface area (Å²) in [6.07, 6.45) is 0. The smallest absolute Gasteiger partial charge is 0.124 e. The van der Waals surface area contributed by atoms with Crippen molar-refractivity contribution in [2.45, 2.75) is 25.7 Å². The minimum atomic E-state index is -0.250. The van der Waals surface area contributed by atoms with Crippen LogP contribution in [0.3, 0.4) is 0 Å². The average Bonchev–Trinajstić information content (AvgIpc) is 2.82. The van der Waals surface area contributed by atoms with Crippen LogP contribution in [0.5, 0.6) is 5.75 Å². The van der Waals surface area contributed by atoms with Crippen LogP contribution in [0.4, 0.5) is 0 Å². The van der Waals surface area contributed by atoms with Crippen molar-refractivity contribution < 1.29 is 19.3 Å². The monoisotopic (exact) mass is 336 g/mol. The first kappa shape index (κ1) is 17.6. The van der Waals surface area contributed by atoms with E-state index in [0.717, 1.165) is 57.3 Å². The van der Waals surface area contributed by atoms with Crippen LogP contribution in [-0.2, 0) is 22.6 Å². The van der Waals surface area contributed by atoms with Crippen molar-refractivity contribution in [3.8, 4) is 5.75 Å². The van der Waals surface area contributed by atoms with Crippen LogP contribution < -0.4 is 10.1 Å². The molecule has 0 amide bonds. The zero-order valence-corrected chi connectivity index (χ0v) is 14.4. The second-order valence-electron chi connectivity index (χ2n) is 6.50. The lowest BCUT2D eigenvalue weighted by atomic mass is 10.0. The second kappa shape index (κ2) is 8.27. The molecule has 2 saturated heterocycles. The molecule has 24 heavy (non-hydrogen) atoms. The maximum Gasteiger partial charge on any atom is 0.124 e. The summed E-state index contributed by atoms with van der Waals surface area (Å²) in [6.45, 7) is 8.94. The lowest BCUT2D eigenvalue weighted by molar-refractivity contribution is -0.135. The van der Waals surface area contributed by atoms with Gasteiger partial charge in [0.1, 0.15) is 11.4 Å². The molecule has 0 unspecified atom stereocenters. The standard InChI is InChI=1S/C18H28N2O4/c1-2-23-17-4-3-15(9-16(17)11-21)10-20-6-8-24-18(13-20)12-19-5-7-22-14-18/h3-4,9,19,21H,2,5-8,10-14H2,1H3/t18-/m1/s1. The third kappa shape index (κ3) is 4.26. The number of nitrogens with zero attached hydrogens (tertiary/aromatic N) is 1. The van der Waals surface area contributed by atoms with E-state index in [4.69, 9.17) is 14.2 Å². The number of morpholine rings is 1. The van der Waals surface area contributed by atoms with Crippen LogP contribution in [0.15, 0.2) is 18.2 Å². The van der Waals surface area contributed by atoms with E-state index in [1.165, 1.54) is 5.56 Å². The van der Waals surface area contributed by atoms with Gasteiger partial charge in [-0.3, -0.25) is 4.90 Å². The highest BCUT2D eigenvalue weighted by atomic mass is 16.5. The third-order valence-electron chi connectivity index (χ3n) is 4.56. The van der Waals surface area contributed by atoms with Gasteiger partial charge >= 0.3 is 0 Å². The van der Waals surface area contributed by atoms with E-state index in [9.17, 15) is 5.11 Å². The Morgan fingerprint density at radius 2 is 2.29 bits per heavy atom. The fourth-order valence-electron chi connectivity index (χ4n) is 3.43. The highest BCUT2D eigenvalue weighted by Gasteiger charge is 2.37. The number of ether oxygens (including phenoxy) is 3. The molecule has 6 nitrogen and oxygen atoms in total. The molecule has 1 spiro atoms. The van der Waals surface area contributed by atoms with Crippen LogP contribution in [0.25, 0.3) is 0 Å². The predicted molar refractivity (Wildman–Crippen MR) is 91.2 cm³/mol. The Morgan fingerprint density at radius 1 is 1.38 bits per heavy atom. The molecule has 0 radical (unpaired) electrons. The Morgan fingerprint density at radius 3 is 3.12 bits per heavy atom. The predicted octanol–water partition coefficient (Wildman–Crippen LogP) is 0.768. The maximum absolute atomic E-state index is 9.57. The molecule has 1 aromatic rings. The zero-order valence-electron chi connectivity index (χ0n) is 14.4. The Hall–Kier alpha value is -1.18. The summed E-state index contributed by atoms with van der Waals surface area (Å²) in [4.78, 5) is 2.40. The van der Waals surface area contributed by atoms with E-state index in [0.29, 0.717) is 13.2 Å². The summed E-state index contributed by atoms with van der Waals surface area (Å²) in [5.74, 6) is 0.767. The Kier molecular flexibility index (Phi) is 6.08. The number of aliphatic hydroxyl groups excluding tert-OH is 1. The van der Waals surface area contributed by atoms with Gasteiger partial charge in [-0.15, -0.1) is 0 Å².